The molecule has 0 radical (unpaired) electrons. The van der Waals surface area contributed by atoms with E-state index in [0.717, 1.165) is 57.8 Å². The zero-order chi connectivity index (χ0) is 45.8. The Morgan fingerprint density at radius 3 is 1.14 bits per heavy atom. The molecule has 0 aliphatic rings. The first-order valence-corrected chi connectivity index (χ1v) is 28.4. The van der Waals surface area contributed by atoms with Crippen molar-refractivity contribution in [2.75, 3.05) is 13.2 Å². The summed E-state index contributed by atoms with van der Waals surface area (Å²) in [7, 11) is 0. The van der Waals surface area contributed by atoms with E-state index >= 15 is 0 Å². The summed E-state index contributed by atoms with van der Waals surface area (Å²) in [5.41, 5.74) is 0. The highest BCUT2D eigenvalue weighted by Crippen LogP contribution is 2.17. The molecule has 0 aromatic carbocycles. The number of unbranched alkanes of at least 4 members (excludes halogenated alkanes) is 40. The third-order valence-electron chi connectivity index (χ3n) is 13.3. The maximum absolute atomic E-state index is 12.5. The molecule has 6 heteroatoms. The van der Waals surface area contributed by atoms with Crippen LogP contribution in [0.25, 0.3) is 0 Å². The highest BCUT2D eigenvalue weighted by molar-refractivity contribution is 5.76. The predicted molar refractivity (Wildman–Crippen MR) is 273 cm³/mol. The summed E-state index contributed by atoms with van der Waals surface area (Å²) in [6.45, 7) is 4.90. The van der Waals surface area contributed by atoms with Gasteiger partial charge in [-0.25, -0.2) is 0 Å². The summed E-state index contributed by atoms with van der Waals surface area (Å²) in [4.78, 5) is 24.5. The summed E-state index contributed by atoms with van der Waals surface area (Å²) in [5, 5.41) is 23.3. The third kappa shape index (κ3) is 49.9. The normalized spacial score (nSPS) is 12.6. The van der Waals surface area contributed by atoms with Crippen molar-refractivity contribution in [3.05, 3.63) is 12.2 Å². The van der Waals surface area contributed by atoms with Crippen LogP contribution in [0.1, 0.15) is 316 Å². The van der Waals surface area contributed by atoms with Gasteiger partial charge in [0.2, 0.25) is 5.91 Å². The first kappa shape index (κ1) is 61.6. The first-order valence-electron chi connectivity index (χ1n) is 28.4. The number of carbonyl (C=O) groups is 2. The average molecular weight is 891 g/mol. The molecular formula is C57H111NO5. The van der Waals surface area contributed by atoms with Gasteiger partial charge in [0.05, 0.1) is 25.4 Å². The third-order valence-corrected chi connectivity index (χ3v) is 13.3. The number of esters is 1. The number of aliphatic hydroxyl groups excluding tert-OH is 2. The molecule has 0 aliphatic carbocycles. The molecule has 2 unspecified atom stereocenters. The molecule has 0 spiro atoms. The van der Waals surface area contributed by atoms with E-state index in [4.69, 9.17) is 4.74 Å². The van der Waals surface area contributed by atoms with Crippen LogP contribution in [-0.2, 0) is 14.3 Å². The van der Waals surface area contributed by atoms with E-state index in [9.17, 15) is 19.8 Å². The minimum Gasteiger partial charge on any atom is -0.466 e. The number of nitrogens with one attached hydrogen (secondary N) is 1. The number of allylic oxidation sites excluding steroid dienone is 2. The van der Waals surface area contributed by atoms with Crippen LogP contribution < -0.4 is 5.32 Å². The van der Waals surface area contributed by atoms with Crippen molar-refractivity contribution < 1.29 is 24.5 Å². The van der Waals surface area contributed by atoms with Crippen LogP contribution in [0.3, 0.4) is 0 Å². The SMILES string of the molecule is CCCCCC/C=C\CCCCCCCC(=O)OCCCCCCCCCCCCC(=O)NC(CO)C(O)CCCCCCCCCCCCCCCCCCCCCCCCC. The fraction of sp³-hybridized carbons (Fsp3) is 0.930. The van der Waals surface area contributed by atoms with E-state index in [1.807, 2.05) is 0 Å². The minimum absolute atomic E-state index is 0.0269. The number of rotatable bonds is 53. The molecule has 0 saturated heterocycles. The largest absolute Gasteiger partial charge is 0.466 e. The first-order chi connectivity index (χ1) is 31.0. The van der Waals surface area contributed by atoms with Crippen molar-refractivity contribution in [1.29, 1.82) is 0 Å². The molecule has 0 bridgehead atoms. The highest BCUT2D eigenvalue weighted by Gasteiger charge is 2.20. The van der Waals surface area contributed by atoms with Gasteiger partial charge >= 0.3 is 5.97 Å². The van der Waals surface area contributed by atoms with Gasteiger partial charge in [0.1, 0.15) is 0 Å². The van der Waals surface area contributed by atoms with Gasteiger partial charge in [-0.15, -0.1) is 0 Å². The quantitative estimate of drug-likeness (QED) is 0.0321. The Morgan fingerprint density at radius 1 is 0.429 bits per heavy atom. The Kier molecular flexibility index (Phi) is 52.0. The number of aliphatic hydroxyl groups is 2. The fourth-order valence-corrected chi connectivity index (χ4v) is 8.93. The summed E-state index contributed by atoms with van der Waals surface area (Å²) in [5.74, 6) is -0.0818. The maximum atomic E-state index is 12.5. The molecule has 1 amide bonds. The second kappa shape index (κ2) is 53.2. The molecule has 2 atom stereocenters. The van der Waals surface area contributed by atoms with Crippen molar-refractivity contribution in [1.82, 2.24) is 5.32 Å². The lowest BCUT2D eigenvalue weighted by Gasteiger charge is -2.22. The zero-order valence-electron chi connectivity index (χ0n) is 42.6. The molecule has 0 rings (SSSR count). The van der Waals surface area contributed by atoms with E-state index in [1.54, 1.807) is 0 Å². The van der Waals surface area contributed by atoms with Crippen molar-refractivity contribution in [2.24, 2.45) is 0 Å². The van der Waals surface area contributed by atoms with Gasteiger partial charge in [-0.1, -0.05) is 264 Å². The summed E-state index contributed by atoms with van der Waals surface area (Å²) >= 11 is 0. The molecule has 0 heterocycles. The Bertz CT molecular complexity index is 939. The summed E-state index contributed by atoms with van der Waals surface area (Å²) < 4.78 is 5.45. The molecule has 0 aromatic heterocycles. The summed E-state index contributed by atoms with van der Waals surface area (Å²) in [6.07, 6.45) is 62.0. The van der Waals surface area contributed by atoms with Crippen molar-refractivity contribution in [2.45, 2.75) is 328 Å². The Hall–Kier alpha value is -1.40. The number of amides is 1. The van der Waals surface area contributed by atoms with Crippen LogP contribution in [0, 0.1) is 0 Å². The number of ether oxygens (including phenoxy) is 1. The molecule has 3 N–H and O–H groups in total. The van der Waals surface area contributed by atoms with Crippen molar-refractivity contribution in [3.63, 3.8) is 0 Å². The van der Waals surface area contributed by atoms with Gasteiger partial charge in [-0.05, 0) is 51.4 Å². The Morgan fingerprint density at radius 2 is 0.746 bits per heavy atom. The Balaban J connectivity index is 3.46. The molecule has 6 nitrogen and oxygen atoms in total. The molecule has 0 aromatic rings. The standard InChI is InChI=1S/C57H111NO5/c1-3-5-7-9-11-13-15-17-18-19-20-21-22-23-24-25-26-28-29-33-37-41-45-49-55(60)54(53-59)58-56(61)50-46-42-38-34-31-32-36-40-44-48-52-63-57(62)51-47-43-39-35-30-27-16-14-12-10-8-6-4-2/h14,16,54-55,59-60H,3-13,15,17-53H2,1-2H3,(H,58,61)/b16-14-. The second-order valence-electron chi connectivity index (χ2n) is 19.6. The van der Waals surface area contributed by atoms with Crippen molar-refractivity contribution >= 4 is 11.9 Å². The number of hydrogen-bond acceptors (Lipinski definition) is 5. The van der Waals surface area contributed by atoms with Crippen LogP contribution in [0.5, 0.6) is 0 Å². The summed E-state index contributed by atoms with van der Waals surface area (Å²) in [6, 6.07) is -0.559. The minimum atomic E-state index is -0.680. The van der Waals surface area contributed by atoms with E-state index in [2.05, 4.69) is 31.3 Å². The topological polar surface area (TPSA) is 95.9 Å². The molecular weight excluding hydrogens is 779 g/mol. The van der Waals surface area contributed by atoms with Crippen LogP contribution in [0.2, 0.25) is 0 Å². The van der Waals surface area contributed by atoms with Crippen LogP contribution in [0.4, 0.5) is 0 Å². The number of carbonyl (C=O) groups excluding carboxylic acids is 2. The van der Waals surface area contributed by atoms with Crippen molar-refractivity contribution in [3.8, 4) is 0 Å². The molecule has 0 fully saturated rings. The van der Waals surface area contributed by atoms with E-state index < -0.39 is 12.1 Å². The smallest absolute Gasteiger partial charge is 0.305 e. The van der Waals surface area contributed by atoms with Gasteiger partial charge in [0, 0.05) is 12.8 Å². The van der Waals surface area contributed by atoms with Gasteiger partial charge in [-0.3, -0.25) is 9.59 Å². The van der Waals surface area contributed by atoms with E-state index in [0.29, 0.717) is 25.9 Å². The molecule has 63 heavy (non-hydrogen) atoms. The van der Waals surface area contributed by atoms with Gasteiger partial charge < -0.3 is 20.3 Å². The van der Waals surface area contributed by atoms with E-state index in [1.165, 1.54) is 225 Å². The molecule has 0 aliphatic heterocycles. The fourth-order valence-electron chi connectivity index (χ4n) is 8.93. The molecule has 0 saturated carbocycles. The average Bonchev–Trinajstić information content (AvgIpc) is 3.28. The number of hydrogen-bond donors (Lipinski definition) is 3. The zero-order valence-corrected chi connectivity index (χ0v) is 42.6. The van der Waals surface area contributed by atoms with Crippen LogP contribution in [-0.4, -0.2) is 47.4 Å². The van der Waals surface area contributed by atoms with Gasteiger partial charge in [0.15, 0.2) is 0 Å². The van der Waals surface area contributed by atoms with Gasteiger partial charge in [0.25, 0.3) is 0 Å². The monoisotopic (exact) mass is 890 g/mol. The van der Waals surface area contributed by atoms with Gasteiger partial charge in [-0.2, -0.15) is 0 Å². The molecule has 374 valence electrons. The lowest BCUT2D eigenvalue weighted by atomic mass is 10.0. The van der Waals surface area contributed by atoms with E-state index in [-0.39, 0.29) is 18.5 Å². The lowest BCUT2D eigenvalue weighted by molar-refractivity contribution is -0.143. The maximum Gasteiger partial charge on any atom is 0.305 e. The van der Waals surface area contributed by atoms with Crippen LogP contribution in [0.15, 0.2) is 12.2 Å². The highest BCUT2D eigenvalue weighted by atomic mass is 16.5. The Labute approximate surface area is 393 Å². The second-order valence-corrected chi connectivity index (χ2v) is 19.6. The van der Waals surface area contributed by atoms with Crippen LogP contribution >= 0.6 is 0 Å². The lowest BCUT2D eigenvalue weighted by Crippen LogP contribution is -2.45. The predicted octanol–water partition coefficient (Wildman–Crippen LogP) is 17.3.